The van der Waals surface area contributed by atoms with Gasteiger partial charge in [-0.25, -0.2) is 0 Å². The van der Waals surface area contributed by atoms with Gasteiger partial charge >= 0.3 is 0 Å². The Morgan fingerprint density at radius 3 is 2.43 bits per heavy atom. The Kier molecular flexibility index (Phi) is 4.99. The van der Waals surface area contributed by atoms with Crippen molar-refractivity contribution in [2.75, 3.05) is 20.2 Å². The van der Waals surface area contributed by atoms with E-state index in [4.69, 9.17) is 4.74 Å². The van der Waals surface area contributed by atoms with Crippen molar-refractivity contribution in [2.45, 2.75) is 13.8 Å². The number of carbonyl (C=O) groups is 1. The van der Waals surface area contributed by atoms with Crippen molar-refractivity contribution in [2.24, 2.45) is 0 Å². The minimum absolute atomic E-state index is 0.0680. The molecule has 0 radical (unpaired) electrons. The molecule has 0 fully saturated rings. The summed E-state index contributed by atoms with van der Waals surface area (Å²) in [6, 6.07) is 15.5. The first-order valence-corrected chi connectivity index (χ1v) is 7.24. The van der Waals surface area contributed by atoms with E-state index in [1.54, 1.807) is 7.11 Å². The fraction of sp³-hybridized carbons (Fsp3) is 0.278. The molecule has 0 unspecified atom stereocenters. The van der Waals surface area contributed by atoms with Crippen molar-refractivity contribution in [3.63, 3.8) is 0 Å². The summed E-state index contributed by atoms with van der Waals surface area (Å²) in [6.07, 6.45) is 0. The third kappa shape index (κ3) is 3.24. The number of hydrogen-bond donors (Lipinski definition) is 0. The Morgan fingerprint density at radius 1 is 1.05 bits per heavy atom. The number of ether oxygens (including phenoxy) is 1. The van der Waals surface area contributed by atoms with E-state index in [1.165, 1.54) is 0 Å². The maximum absolute atomic E-state index is 12.7. The molecular formula is C18H21NO2. The zero-order chi connectivity index (χ0) is 15.2. The largest absolute Gasteiger partial charge is 0.497 e. The van der Waals surface area contributed by atoms with Crippen molar-refractivity contribution in [3.05, 3.63) is 54.1 Å². The average molecular weight is 283 g/mol. The molecule has 0 aliphatic heterocycles. The lowest BCUT2D eigenvalue weighted by molar-refractivity contribution is 0.0774. The monoisotopic (exact) mass is 283 g/mol. The highest BCUT2D eigenvalue weighted by Crippen LogP contribution is 2.27. The molecule has 0 aliphatic carbocycles. The molecule has 0 N–H and O–H groups in total. The standard InChI is InChI=1S/C18H21NO2/c1-4-19(5-2)18(20)17-12-7-6-11-16(17)14-9-8-10-15(13-14)21-3/h6-13H,4-5H2,1-3H3. The second-order valence-corrected chi connectivity index (χ2v) is 4.75. The maximum atomic E-state index is 12.7. The van der Waals surface area contributed by atoms with E-state index in [-0.39, 0.29) is 5.91 Å². The summed E-state index contributed by atoms with van der Waals surface area (Å²) in [6.45, 7) is 5.41. The number of amides is 1. The van der Waals surface area contributed by atoms with E-state index in [0.717, 1.165) is 22.4 Å². The third-order valence-corrected chi connectivity index (χ3v) is 3.59. The first-order chi connectivity index (χ1) is 10.2. The maximum Gasteiger partial charge on any atom is 0.254 e. The van der Waals surface area contributed by atoms with Gasteiger partial charge < -0.3 is 9.64 Å². The number of hydrogen-bond acceptors (Lipinski definition) is 2. The van der Waals surface area contributed by atoms with Gasteiger partial charge in [0.1, 0.15) is 5.75 Å². The molecule has 0 heterocycles. The SMILES string of the molecule is CCN(CC)C(=O)c1ccccc1-c1cccc(OC)c1. The Balaban J connectivity index is 2.47. The van der Waals surface area contributed by atoms with Gasteiger partial charge in [0.25, 0.3) is 5.91 Å². The quantitative estimate of drug-likeness (QED) is 0.834. The van der Waals surface area contributed by atoms with Crippen LogP contribution in [0.1, 0.15) is 24.2 Å². The molecule has 0 spiro atoms. The van der Waals surface area contributed by atoms with Gasteiger partial charge in [-0.1, -0.05) is 30.3 Å². The highest BCUT2D eigenvalue weighted by molar-refractivity contribution is 6.00. The summed E-state index contributed by atoms with van der Waals surface area (Å²) >= 11 is 0. The second kappa shape index (κ2) is 6.93. The Labute approximate surface area is 126 Å². The van der Waals surface area contributed by atoms with Gasteiger partial charge in [-0.3, -0.25) is 4.79 Å². The van der Waals surface area contributed by atoms with Crippen LogP contribution in [0, 0.1) is 0 Å². The van der Waals surface area contributed by atoms with E-state index in [1.807, 2.05) is 67.3 Å². The molecule has 0 bridgehead atoms. The zero-order valence-corrected chi connectivity index (χ0v) is 12.8. The van der Waals surface area contributed by atoms with E-state index in [0.29, 0.717) is 13.1 Å². The van der Waals surface area contributed by atoms with Crippen LogP contribution in [0.5, 0.6) is 5.75 Å². The first kappa shape index (κ1) is 15.1. The number of rotatable bonds is 5. The molecule has 2 aromatic rings. The lowest BCUT2D eigenvalue weighted by Gasteiger charge is -2.20. The molecule has 0 atom stereocenters. The molecule has 0 aromatic heterocycles. The molecule has 0 saturated heterocycles. The fourth-order valence-corrected chi connectivity index (χ4v) is 2.39. The van der Waals surface area contributed by atoms with Crippen molar-refractivity contribution in [1.29, 1.82) is 0 Å². The lowest BCUT2D eigenvalue weighted by Crippen LogP contribution is -2.30. The van der Waals surface area contributed by atoms with Gasteiger partial charge in [-0.05, 0) is 43.2 Å². The van der Waals surface area contributed by atoms with Gasteiger partial charge in [-0.2, -0.15) is 0 Å². The number of nitrogens with zero attached hydrogens (tertiary/aromatic N) is 1. The molecule has 3 heteroatoms. The molecule has 0 aliphatic rings. The smallest absolute Gasteiger partial charge is 0.254 e. The minimum Gasteiger partial charge on any atom is -0.497 e. The predicted octanol–water partition coefficient (Wildman–Crippen LogP) is 3.84. The van der Waals surface area contributed by atoms with E-state index >= 15 is 0 Å². The van der Waals surface area contributed by atoms with Crippen LogP contribution in [-0.2, 0) is 0 Å². The van der Waals surface area contributed by atoms with Crippen molar-refractivity contribution < 1.29 is 9.53 Å². The van der Waals surface area contributed by atoms with Gasteiger partial charge in [0.15, 0.2) is 0 Å². The highest BCUT2D eigenvalue weighted by atomic mass is 16.5. The summed E-state index contributed by atoms with van der Waals surface area (Å²) in [7, 11) is 1.64. The van der Waals surface area contributed by atoms with Gasteiger partial charge in [0.05, 0.1) is 7.11 Å². The van der Waals surface area contributed by atoms with Crippen LogP contribution < -0.4 is 4.74 Å². The van der Waals surface area contributed by atoms with Crippen LogP contribution in [0.4, 0.5) is 0 Å². The van der Waals surface area contributed by atoms with E-state index in [2.05, 4.69) is 0 Å². The Morgan fingerprint density at radius 2 is 1.76 bits per heavy atom. The highest BCUT2D eigenvalue weighted by Gasteiger charge is 2.17. The van der Waals surface area contributed by atoms with E-state index < -0.39 is 0 Å². The summed E-state index contributed by atoms with van der Waals surface area (Å²) in [5.41, 5.74) is 2.66. The van der Waals surface area contributed by atoms with Gasteiger partial charge in [0, 0.05) is 18.7 Å². The molecule has 110 valence electrons. The summed E-state index contributed by atoms with van der Waals surface area (Å²) < 4.78 is 5.27. The van der Waals surface area contributed by atoms with Crippen LogP contribution in [0.2, 0.25) is 0 Å². The van der Waals surface area contributed by atoms with E-state index in [9.17, 15) is 4.79 Å². The van der Waals surface area contributed by atoms with Crippen LogP contribution in [-0.4, -0.2) is 31.0 Å². The number of benzene rings is 2. The van der Waals surface area contributed by atoms with Crippen molar-refractivity contribution in [3.8, 4) is 16.9 Å². The molecular weight excluding hydrogens is 262 g/mol. The fourth-order valence-electron chi connectivity index (χ4n) is 2.39. The Bertz CT molecular complexity index is 618. The zero-order valence-electron chi connectivity index (χ0n) is 12.8. The van der Waals surface area contributed by atoms with Crippen LogP contribution in [0.25, 0.3) is 11.1 Å². The number of methoxy groups -OCH3 is 1. The van der Waals surface area contributed by atoms with Crippen molar-refractivity contribution in [1.82, 2.24) is 4.90 Å². The van der Waals surface area contributed by atoms with Gasteiger partial charge in [-0.15, -0.1) is 0 Å². The first-order valence-electron chi connectivity index (χ1n) is 7.24. The molecule has 3 nitrogen and oxygen atoms in total. The average Bonchev–Trinajstić information content (AvgIpc) is 2.56. The molecule has 2 rings (SSSR count). The molecule has 21 heavy (non-hydrogen) atoms. The van der Waals surface area contributed by atoms with Gasteiger partial charge in [0.2, 0.25) is 0 Å². The molecule has 2 aromatic carbocycles. The number of carbonyl (C=O) groups excluding carboxylic acids is 1. The Hall–Kier alpha value is -2.29. The molecule has 0 saturated carbocycles. The van der Waals surface area contributed by atoms with Crippen molar-refractivity contribution >= 4 is 5.91 Å². The summed E-state index contributed by atoms with van der Waals surface area (Å²) in [5.74, 6) is 0.857. The topological polar surface area (TPSA) is 29.5 Å². The normalized spacial score (nSPS) is 10.2. The van der Waals surface area contributed by atoms with Crippen LogP contribution in [0.3, 0.4) is 0 Å². The predicted molar refractivity (Wildman–Crippen MR) is 85.7 cm³/mol. The second-order valence-electron chi connectivity index (χ2n) is 4.75. The summed E-state index contributed by atoms with van der Waals surface area (Å²) in [4.78, 5) is 14.5. The lowest BCUT2D eigenvalue weighted by atomic mass is 9.98. The van der Waals surface area contributed by atoms with Crippen LogP contribution >= 0.6 is 0 Å². The summed E-state index contributed by atoms with van der Waals surface area (Å²) in [5, 5.41) is 0. The third-order valence-electron chi connectivity index (χ3n) is 3.59. The molecule has 1 amide bonds. The van der Waals surface area contributed by atoms with Crippen LogP contribution in [0.15, 0.2) is 48.5 Å². The minimum atomic E-state index is 0.0680.